The van der Waals surface area contributed by atoms with Crippen LogP contribution in [0, 0.1) is 0 Å². The number of H-pyrrole nitrogens is 1. The van der Waals surface area contributed by atoms with E-state index >= 15 is 0 Å². The molecule has 1 amide bonds. The van der Waals surface area contributed by atoms with Crippen molar-refractivity contribution < 1.29 is 17.9 Å². The standard InChI is InChI=1S/C23H25ClN8O4S/c1-31-12-17(22(30-31)36-2)28-23-26-11-15(24)19(29-23)14-10-25-20-13(14)6-4-7-16(20)27-21(33)18-8-5-9-32(18)37(3,34)35/h4,6-7,10-12,18,25H,5,8-9H2,1-3H3,(H,27,33)(H,26,28,29)/t18-/m0/s1. The number of aromatic nitrogens is 5. The molecule has 4 heterocycles. The molecule has 3 aromatic heterocycles. The second-order valence-electron chi connectivity index (χ2n) is 8.69. The lowest BCUT2D eigenvalue weighted by molar-refractivity contribution is -0.119. The molecule has 1 fully saturated rings. The maximum absolute atomic E-state index is 13.0. The molecule has 1 atom stereocenters. The van der Waals surface area contributed by atoms with E-state index < -0.39 is 16.1 Å². The zero-order valence-electron chi connectivity index (χ0n) is 20.3. The number of aryl methyl sites for hydroxylation is 1. The molecule has 1 aromatic carbocycles. The summed E-state index contributed by atoms with van der Waals surface area (Å²) in [5.74, 6) is 0.321. The number of fused-ring (bicyclic) bond motifs is 1. The number of amides is 1. The van der Waals surface area contributed by atoms with Gasteiger partial charge in [-0.1, -0.05) is 23.7 Å². The molecule has 0 spiro atoms. The van der Waals surface area contributed by atoms with Gasteiger partial charge in [0.25, 0.3) is 5.88 Å². The molecular weight excluding hydrogens is 520 g/mol. The van der Waals surface area contributed by atoms with Gasteiger partial charge in [-0.3, -0.25) is 9.48 Å². The van der Waals surface area contributed by atoms with Gasteiger partial charge < -0.3 is 20.4 Å². The zero-order valence-corrected chi connectivity index (χ0v) is 21.9. The lowest BCUT2D eigenvalue weighted by Gasteiger charge is -2.21. The molecule has 5 rings (SSSR count). The molecule has 4 aromatic rings. The number of nitrogens with zero attached hydrogens (tertiary/aromatic N) is 5. The predicted octanol–water partition coefficient (Wildman–Crippen LogP) is 3.13. The number of aromatic amines is 1. The number of halogens is 1. The third kappa shape index (κ3) is 4.84. The normalized spacial score (nSPS) is 16.3. The van der Waals surface area contributed by atoms with Crippen LogP contribution in [0.3, 0.4) is 0 Å². The van der Waals surface area contributed by atoms with Crippen LogP contribution < -0.4 is 15.4 Å². The van der Waals surface area contributed by atoms with Crippen LogP contribution in [0.5, 0.6) is 5.88 Å². The van der Waals surface area contributed by atoms with E-state index in [-0.39, 0.29) is 5.91 Å². The van der Waals surface area contributed by atoms with Crippen molar-refractivity contribution in [2.45, 2.75) is 18.9 Å². The topological polar surface area (TPSA) is 147 Å². The number of anilines is 3. The van der Waals surface area contributed by atoms with E-state index in [9.17, 15) is 13.2 Å². The monoisotopic (exact) mass is 544 g/mol. The molecule has 0 unspecified atom stereocenters. The summed E-state index contributed by atoms with van der Waals surface area (Å²) in [5, 5.41) is 11.3. The van der Waals surface area contributed by atoms with Gasteiger partial charge in [0.1, 0.15) is 11.7 Å². The van der Waals surface area contributed by atoms with E-state index in [0.717, 1.165) is 11.6 Å². The maximum Gasteiger partial charge on any atom is 0.256 e. The van der Waals surface area contributed by atoms with Crippen molar-refractivity contribution in [3.8, 4) is 17.1 Å². The summed E-state index contributed by atoms with van der Waals surface area (Å²) >= 11 is 6.48. The largest absolute Gasteiger partial charge is 0.478 e. The Hall–Kier alpha value is -3.68. The average molecular weight is 545 g/mol. The van der Waals surface area contributed by atoms with Gasteiger partial charge in [-0.2, -0.15) is 4.31 Å². The Labute approximate surface area is 218 Å². The molecule has 1 aliphatic heterocycles. The van der Waals surface area contributed by atoms with Gasteiger partial charge in [-0.15, -0.1) is 5.10 Å². The maximum atomic E-state index is 13.0. The summed E-state index contributed by atoms with van der Waals surface area (Å²) < 4.78 is 32.3. The number of sulfonamides is 1. The first kappa shape index (κ1) is 25.0. The van der Waals surface area contributed by atoms with E-state index in [1.54, 1.807) is 36.3 Å². The fraction of sp³-hybridized carbons (Fsp3) is 0.304. The molecule has 0 aliphatic carbocycles. The summed E-state index contributed by atoms with van der Waals surface area (Å²) in [6, 6.07) is 4.69. The van der Waals surface area contributed by atoms with E-state index in [1.165, 1.54) is 17.6 Å². The highest BCUT2D eigenvalue weighted by Gasteiger charge is 2.36. The van der Waals surface area contributed by atoms with Crippen LogP contribution in [0.2, 0.25) is 5.02 Å². The number of rotatable bonds is 7. The van der Waals surface area contributed by atoms with Crippen LogP contribution >= 0.6 is 11.6 Å². The molecule has 1 saturated heterocycles. The van der Waals surface area contributed by atoms with E-state index in [1.807, 2.05) is 6.07 Å². The Bertz CT molecular complexity index is 1600. The molecule has 37 heavy (non-hydrogen) atoms. The number of carbonyl (C=O) groups is 1. The molecule has 14 heteroatoms. The van der Waals surface area contributed by atoms with Gasteiger partial charge in [0.2, 0.25) is 21.9 Å². The van der Waals surface area contributed by atoms with Crippen molar-refractivity contribution in [2.75, 3.05) is 30.5 Å². The highest BCUT2D eigenvalue weighted by Crippen LogP contribution is 2.36. The van der Waals surface area contributed by atoms with Gasteiger partial charge in [0.05, 0.1) is 47.7 Å². The van der Waals surface area contributed by atoms with Crippen LogP contribution in [0.1, 0.15) is 12.8 Å². The van der Waals surface area contributed by atoms with Crippen LogP contribution in [-0.2, 0) is 21.9 Å². The van der Waals surface area contributed by atoms with Gasteiger partial charge in [0, 0.05) is 30.7 Å². The van der Waals surface area contributed by atoms with Crippen LogP contribution in [0.25, 0.3) is 22.2 Å². The Balaban J connectivity index is 1.45. The summed E-state index contributed by atoms with van der Waals surface area (Å²) in [7, 11) is -0.185. The fourth-order valence-corrected chi connectivity index (χ4v) is 5.83. The Morgan fingerprint density at radius 1 is 1.30 bits per heavy atom. The quantitative estimate of drug-likeness (QED) is 0.321. The molecule has 0 radical (unpaired) electrons. The fourth-order valence-electron chi connectivity index (χ4n) is 4.51. The molecule has 0 bridgehead atoms. The lowest BCUT2D eigenvalue weighted by atomic mass is 10.1. The number of hydrogen-bond acceptors (Lipinski definition) is 8. The van der Waals surface area contributed by atoms with Crippen LogP contribution in [-0.4, -0.2) is 69.3 Å². The third-order valence-electron chi connectivity index (χ3n) is 6.14. The van der Waals surface area contributed by atoms with Crippen molar-refractivity contribution in [1.29, 1.82) is 0 Å². The zero-order chi connectivity index (χ0) is 26.3. The molecular formula is C23H25ClN8O4S. The predicted molar refractivity (Wildman–Crippen MR) is 141 cm³/mol. The van der Waals surface area contributed by atoms with Gasteiger partial charge in [0.15, 0.2) is 0 Å². The highest BCUT2D eigenvalue weighted by molar-refractivity contribution is 7.88. The Morgan fingerprint density at radius 2 is 2.11 bits per heavy atom. The number of para-hydroxylation sites is 1. The molecule has 1 aliphatic rings. The lowest BCUT2D eigenvalue weighted by Crippen LogP contribution is -2.42. The minimum atomic E-state index is -3.48. The molecule has 194 valence electrons. The van der Waals surface area contributed by atoms with E-state index in [2.05, 4.69) is 30.7 Å². The molecule has 12 nitrogen and oxygen atoms in total. The number of nitrogens with one attached hydrogen (secondary N) is 3. The summed E-state index contributed by atoms with van der Waals surface area (Å²) in [6.07, 6.45) is 7.22. The number of hydrogen-bond donors (Lipinski definition) is 3. The van der Waals surface area contributed by atoms with Crippen molar-refractivity contribution >= 4 is 55.8 Å². The third-order valence-corrected chi connectivity index (χ3v) is 7.71. The van der Waals surface area contributed by atoms with Gasteiger partial charge in [-0.25, -0.2) is 18.4 Å². The minimum Gasteiger partial charge on any atom is -0.478 e. The Kier molecular flexibility index (Phi) is 6.52. The first-order valence-electron chi connectivity index (χ1n) is 11.4. The number of benzene rings is 1. The first-order valence-corrected chi connectivity index (χ1v) is 13.6. The average Bonchev–Trinajstić information content (AvgIpc) is 3.58. The molecule has 0 saturated carbocycles. The second kappa shape index (κ2) is 9.65. The van der Waals surface area contributed by atoms with E-state index in [0.29, 0.717) is 64.4 Å². The van der Waals surface area contributed by atoms with Gasteiger partial charge in [-0.05, 0) is 18.9 Å². The Morgan fingerprint density at radius 3 is 2.86 bits per heavy atom. The minimum absolute atomic E-state index is 0.298. The first-order chi connectivity index (χ1) is 17.7. The number of methoxy groups -OCH3 is 1. The second-order valence-corrected chi connectivity index (χ2v) is 11.0. The van der Waals surface area contributed by atoms with Gasteiger partial charge >= 0.3 is 0 Å². The van der Waals surface area contributed by atoms with E-state index in [4.69, 9.17) is 16.3 Å². The van der Waals surface area contributed by atoms with Crippen molar-refractivity contribution in [3.05, 3.63) is 41.8 Å². The van der Waals surface area contributed by atoms with Crippen LogP contribution in [0.4, 0.5) is 17.3 Å². The SMILES string of the molecule is COc1nn(C)cc1Nc1ncc(Cl)c(-c2c[nH]c3c(NC(=O)[C@@H]4CCCN4S(C)(=O)=O)cccc23)n1. The number of ether oxygens (including phenoxy) is 1. The van der Waals surface area contributed by atoms with Crippen molar-refractivity contribution in [1.82, 2.24) is 29.0 Å². The smallest absolute Gasteiger partial charge is 0.256 e. The van der Waals surface area contributed by atoms with Crippen molar-refractivity contribution in [2.24, 2.45) is 7.05 Å². The summed E-state index contributed by atoms with van der Waals surface area (Å²) in [5.41, 5.74) is 2.97. The summed E-state index contributed by atoms with van der Waals surface area (Å²) in [4.78, 5) is 25.1. The highest BCUT2D eigenvalue weighted by atomic mass is 35.5. The van der Waals surface area contributed by atoms with Crippen molar-refractivity contribution in [3.63, 3.8) is 0 Å². The number of carbonyl (C=O) groups excluding carboxylic acids is 1. The molecule has 3 N–H and O–H groups in total. The van der Waals surface area contributed by atoms with Crippen LogP contribution in [0.15, 0.2) is 36.8 Å². The summed E-state index contributed by atoms with van der Waals surface area (Å²) in [6.45, 7) is 0.335.